The molecule has 1 atom stereocenters. The maximum absolute atomic E-state index is 6.15. The van der Waals surface area contributed by atoms with E-state index in [9.17, 15) is 0 Å². The van der Waals surface area contributed by atoms with Crippen LogP contribution in [-0.2, 0) is 22.2 Å². The molecule has 1 saturated heterocycles. The lowest BCUT2D eigenvalue weighted by Gasteiger charge is -2.32. The third-order valence-electron chi connectivity index (χ3n) is 4.79. The number of hydrogen-bond donors (Lipinski definition) is 0. The topological polar surface area (TPSA) is 18.5 Å². The Morgan fingerprint density at radius 3 is 2.26 bits per heavy atom. The molecule has 0 amide bonds. The van der Waals surface area contributed by atoms with Crippen LogP contribution in [0.15, 0.2) is 18.2 Å². The summed E-state index contributed by atoms with van der Waals surface area (Å²) < 4.78 is 12.3. The first-order valence-electron chi connectivity index (χ1n) is 6.91. The summed E-state index contributed by atoms with van der Waals surface area (Å²) in [6, 6.07) is 6.16. The van der Waals surface area contributed by atoms with Crippen LogP contribution in [0.25, 0.3) is 0 Å². The van der Waals surface area contributed by atoms with Gasteiger partial charge >= 0.3 is 7.12 Å². The molecule has 19 heavy (non-hydrogen) atoms. The molecule has 1 aromatic carbocycles. The van der Waals surface area contributed by atoms with Crippen molar-refractivity contribution in [3.05, 3.63) is 34.3 Å². The van der Waals surface area contributed by atoms with Crippen molar-refractivity contribution < 1.29 is 9.31 Å². The minimum Gasteiger partial charge on any atom is -0.403 e. The molecule has 2 aliphatic rings. The van der Waals surface area contributed by atoms with Crippen LogP contribution in [0.2, 0.25) is 10.8 Å². The third kappa shape index (κ3) is 2.22. The van der Waals surface area contributed by atoms with E-state index in [1.165, 1.54) is 11.1 Å². The van der Waals surface area contributed by atoms with Crippen molar-refractivity contribution in [1.82, 2.24) is 0 Å². The van der Waals surface area contributed by atoms with Crippen molar-refractivity contribution in [1.29, 1.82) is 0 Å². The van der Waals surface area contributed by atoms with Crippen LogP contribution < -0.4 is 0 Å². The van der Waals surface area contributed by atoms with E-state index in [1.807, 2.05) is 6.07 Å². The first kappa shape index (κ1) is 13.5. The molecule has 0 spiro atoms. The van der Waals surface area contributed by atoms with E-state index in [1.54, 1.807) is 0 Å². The summed E-state index contributed by atoms with van der Waals surface area (Å²) in [6.07, 6.45) is 2.01. The zero-order valence-corrected chi connectivity index (χ0v) is 12.8. The smallest absolute Gasteiger partial charge is 0.403 e. The molecule has 1 aromatic rings. The molecule has 1 aliphatic heterocycles. The molecule has 2 nitrogen and oxygen atoms in total. The van der Waals surface area contributed by atoms with E-state index >= 15 is 0 Å². The molecule has 1 fully saturated rings. The Kier molecular flexibility index (Phi) is 3.01. The molecule has 0 bridgehead atoms. The van der Waals surface area contributed by atoms with Crippen LogP contribution in [-0.4, -0.2) is 18.3 Å². The van der Waals surface area contributed by atoms with Gasteiger partial charge in [-0.15, -0.1) is 0 Å². The monoisotopic (exact) mass is 278 g/mol. The molecule has 0 aromatic heterocycles. The molecule has 4 heteroatoms. The largest absolute Gasteiger partial charge is 0.461 e. The van der Waals surface area contributed by atoms with Gasteiger partial charge in [-0.25, -0.2) is 0 Å². The highest BCUT2D eigenvalue weighted by Gasteiger charge is 2.54. The predicted molar refractivity (Wildman–Crippen MR) is 78.7 cm³/mol. The molecule has 1 aliphatic carbocycles. The van der Waals surface area contributed by atoms with Crippen molar-refractivity contribution in [2.24, 2.45) is 0 Å². The van der Waals surface area contributed by atoms with Crippen LogP contribution in [0.3, 0.4) is 0 Å². The molecule has 1 heterocycles. The van der Waals surface area contributed by atoms with Gasteiger partial charge in [-0.2, -0.15) is 0 Å². The van der Waals surface area contributed by atoms with Crippen LogP contribution in [0.1, 0.15) is 38.8 Å². The summed E-state index contributed by atoms with van der Waals surface area (Å²) >= 11 is 6.06. The summed E-state index contributed by atoms with van der Waals surface area (Å²) in [7, 11) is -0.115. The van der Waals surface area contributed by atoms with Crippen molar-refractivity contribution >= 4 is 18.7 Å². The third-order valence-corrected chi connectivity index (χ3v) is 5.02. The predicted octanol–water partition coefficient (Wildman–Crippen LogP) is 3.90. The van der Waals surface area contributed by atoms with Gasteiger partial charge in [0.15, 0.2) is 0 Å². The molecule has 0 saturated carbocycles. The highest BCUT2D eigenvalue weighted by Crippen LogP contribution is 2.44. The summed E-state index contributed by atoms with van der Waals surface area (Å²) in [4.78, 5) is 0. The fourth-order valence-electron chi connectivity index (χ4n) is 2.89. The van der Waals surface area contributed by atoms with E-state index in [0.717, 1.165) is 17.9 Å². The lowest BCUT2D eigenvalue weighted by atomic mass is 9.70. The second-order valence-electron chi connectivity index (χ2n) is 6.71. The van der Waals surface area contributed by atoms with Crippen LogP contribution in [0.4, 0.5) is 0 Å². The van der Waals surface area contributed by atoms with Gasteiger partial charge in [-0.05, 0) is 63.8 Å². The quantitative estimate of drug-likeness (QED) is 0.725. The first-order valence-corrected chi connectivity index (χ1v) is 7.29. The van der Waals surface area contributed by atoms with Gasteiger partial charge in [-0.3, -0.25) is 0 Å². The minimum absolute atomic E-state index is 0.115. The summed E-state index contributed by atoms with van der Waals surface area (Å²) in [5.74, 6) is 0.398. The van der Waals surface area contributed by atoms with Gasteiger partial charge in [0.1, 0.15) is 0 Å². The molecular weight excluding hydrogens is 258 g/mol. The van der Waals surface area contributed by atoms with E-state index in [-0.39, 0.29) is 18.3 Å². The molecule has 102 valence electrons. The van der Waals surface area contributed by atoms with E-state index in [4.69, 9.17) is 20.9 Å². The molecular formula is C15H20BClO2. The Bertz CT molecular complexity index is 497. The molecule has 1 unspecified atom stereocenters. The lowest BCUT2D eigenvalue weighted by Crippen LogP contribution is -2.41. The van der Waals surface area contributed by atoms with Crippen molar-refractivity contribution in [2.75, 3.05) is 0 Å². The maximum Gasteiger partial charge on any atom is 0.461 e. The Hall–Kier alpha value is -0.505. The fraction of sp³-hybridized carbons (Fsp3) is 0.600. The van der Waals surface area contributed by atoms with Gasteiger partial charge in [0.25, 0.3) is 0 Å². The number of benzene rings is 1. The number of hydrogen-bond acceptors (Lipinski definition) is 2. The van der Waals surface area contributed by atoms with Gasteiger partial charge < -0.3 is 9.31 Å². The second-order valence-corrected chi connectivity index (χ2v) is 7.14. The average Bonchev–Trinajstić information content (AvgIpc) is 2.78. The Balaban J connectivity index is 1.78. The number of fused-ring (bicyclic) bond motifs is 1. The average molecular weight is 279 g/mol. The second kappa shape index (κ2) is 4.24. The van der Waals surface area contributed by atoms with E-state index < -0.39 is 0 Å². The molecule has 3 rings (SSSR count). The summed E-state index contributed by atoms with van der Waals surface area (Å²) in [5.41, 5.74) is 2.23. The first-order chi connectivity index (χ1) is 8.78. The SMILES string of the molecule is CC1(C)OB(C2Cc3ccc(Cl)cc3C2)OC1(C)C. The maximum atomic E-state index is 6.15. The minimum atomic E-state index is -0.246. The van der Waals surface area contributed by atoms with Gasteiger partial charge in [0.05, 0.1) is 11.2 Å². The van der Waals surface area contributed by atoms with Crippen molar-refractivity contribution in [2.45, 2.75) is 57.6 Å². The van der Waals surface area contributed by atoms with E-state index in [2.05, 4.69) is 39.8 Å². The highest BCUT2D eigenvalue weighted by molar-refractivity contribution is 6.47. The number of halogens is 1. The fourth-order valence-corrected chi connectivity index (χ4v) is 3.09. The zero-order chi connectivity index (χ0) is 13.8. The Labute approximate surface area is 120 Å². The van der Waals surface area contributed by atoms with Crippen molar-refractivity contribution in [3.8, 4) is 0 Å². The van der Waals surface area contributed by atoms with Gasteiger partial charge in [-0.1, -0.05) is 17.7 Å². The van der Waals surface area contributed by atoms with Crippen LogP contribution >= 0.6 is 11.6 Å². The molecule has 0 radical (unpaired) electrons. The zero-order valence-electron chi connectivity index (χ0n) is 12.0. The van der Waals surface area contributed by atoms with Gasteiger partial charge in [0.2, 0.25) is 0 Å². The van der Waals surface area contributed by atoms with Crippen LogP contribution in [0.5, 0.6) is 0 Å². The standard InChI is InChI=1S/C15H20BClO2/c1-14(2)15(3,4)19-16(18-14)12-7-10-5-6-13(17)9-11(10)8-12/h5-6,9,12H,7-8H2,1-4H3. The Morgan fingerprint density at radius 2 is 1.63 bits per heavy atom. The summed E-state index contributed by atoms with van der Waals surface area (Å²) in [6.45, 7) is 8.41. The van der Waals surface area contributed by atoms with Crippen molar-refractivity contribution in [3.63, 3.8) is 0 Å². The highest BCUT2D eigenvalue weighted by atomic mass is 35.5. The van der Waals surface area contributed by atoms with E-state index in [0.29, 0.717) is 5.82 Å². The van der Waals surface area contributed by atoms with Crippen LogP contribution in [0, 0.1) is 0 Å². The van der Waals surface area contributed by atoms with Gasteiger partial charge in [0, 0.05) is 10.8 Å². The Morgan fingerprint density at radius 1 is 1.05 bits per heavy atom. The lowest BCUT2D eigenvalue weighted by molar-refractivity contribution is 0.00578. The molecule has 0 N–H and O–H groups in total. The normalized spacial score (nSPS) is 27.6. The number of rotatable bonds is 1. The summed E-state index contributed by atoms with van der Waals surface area (Å²) in [5, 5.41) is 0.813.